The number of aryl methyl sites for hydroxylation is 1. The lowest BCUT2D eigenvalue weighted by Gasteiger charge is -2.24. The second-order valence-electron chi connectivity index (χ2n) is 8.52. The van der Waals surface area contributed by atoms with E-state index in [2.05, 4.69) is 10.6 Å². The number of methoxy groups -OCH3 is 1. The number of rotatable bonds is 13. The average molecular weight is 505 g/mol. The summed E-state index contributed by atoms with van der Waals surface area (Å²) in [6, 6.07) is 18.6. The summed E-state index contributed by atoms with van der Waals surface area (Å²) in [5.41, 5.74) is 9.61. The van der Waals surface area contributed by atoms with E-state index in [1.165, 1.54) is 12.0 Å². The number of ether oxygens (including phenoxy) is 1. The number of nitrogens with zero attached hydrogens (tertiary/aromatic N) is 1. The van der Waals surface area contributed by atoms with E-state index in [4.69, 9.17) is 15.6 Å². The number of aromatic carboxylic acids is 1. The summed E-state index contributed by atoms with van der Waals surface area (Å²) >= 11 is 0. The van der Waals surface area contributed by atoms with Crippen molar-refractivity contribution in [2.75, 3.05) is 37.0 Å². The third-order valence-electron chi connectivity index (χ3n) is 5.78. The molecule has 0 unspecified atom stereocenters. The highest BCUT2D eigenvalue weighted by Gasteiger charge is 2.21. The summed E-state index contributed by atoms with van der Waals surface area (Å²) < 4.78 is 5.53. The Kier molecular flexibility index (Phi) is 9.62. The Labute approximate surface area is 216 Å². The fourth-order valence-corrected chi connectivity index (χ4v) is 3.89. The number of nitrogens with one attached hydrogen (secondary N) is 2. The second kappa shape index (κ2) is 13.1. The van der Waals surface area contributed by atoms with Gasteiger partial charge in [-0.05, 0) is 73.5 Å². The zero-order chi connectivity index (χ0) is 26.8. The van der Waals surface area contributed by atoms with Crippen LogP contribution in [0, 0.1) is 6.92 Å². The zero-order valence-electron chi connectivity index (χ0n) is 21.0. The van der Waals surface area contributed by atoms with Crippen molar-refractivity contribution in [3.05, 3.63) is 83.4 Å². The highest BCUT2D eigenvalue weighted by Crippen LogP contribution is 2.36. The molecule has 3 aromatic carbocycles. The van der Waals surface area contributed by atoms with Gasteiger partial charge in [-0.1, -0.05) is 24.3 Å². The van der Waals surface area contributed by atoms with E-state index in [9.17, 15) is 14.4 Å². The Balaban J connectivity index is 1.50. The van der Waals surface area contributed by atoms with Gasteiger partial charge in [-0.2, -0.15) is 0 Å². The molecular formula is C28H32N4O5. The maximum absolute atomic E-state index is 12.5. The smallest absolute Gasteiger partial charge is 0.335 e. The van der Waals surface area contributed by atoms with Crippen molar-refractivity contribution >= 4 is 34.8 Å². The molecule has 0 heterocycles. The van der Waals surface area contributed by atoms with Crippen molar-refractivity contribution in [1.29, 1.82) is 0 Å². The topological polar surface area (TPSA) is 134 Å². The largest absolute Gasteiger partial charge is 0.495 e. The highest BCUT2D eigenvalue weighted by atomic mass is 16.5. The van der Waals surface area contributed by atoms with Crippen molar-refractivity contribution in [2.24, 2.45) is 5.73 Å². The molecule has 0 saturated carbocycles. The van der Waals surface area contributed by atoms with Crippen molar-refractivity contribution in [1.82, 2.24) is 5.32 Å². The number of para-hydroxylation sites is 1. The normalized spacial score (nSPS) is 10.5. The lowest BCUT2D eigenvalue weighted by molar-refractivity contribution is -0.117. The Bertz CT molecular complexity index is 1240. The maximum atomic E-state index is 12.5. The van der Waals surface area contributed by atoms with Crippen LogP contribution < -0.4 is 26.0 Å². The summed E-state index contributed by atoms with van der Waals surface area (Å²) in [6.45, 7) is 3.46. The minimum Gasteiger partial charge on any atom is -0.495 e. The number of nitrogens with two attached hydrogens (primary N) is 1. The van der Waals surface area contributed by atoms with Crippen molar-refractivity contribution in [2.45, 2.75) is 19.8 Å². The maximum Gasteiger partial charge on any atom is 0.335 e. The molecule has 0 aliphatic heterocycles. The molecule has 0 saturated heterocycles. The number of amides is 2. The van der Waals surface area contributed by atoms with Crippen molar-refractivity contribution in [3.8, 4) is 5.75 Å². The van der Waals surface area contributed by atoms with Gasteiger partial charge in [-0.3, -0.25) is 9.69 Å². The Hall–Kier alpha value is -4.37. The van der Waals surface area contributed by atoms with Gasteiger partial charge in [0.15, 0.2) is 5.78 Å². The van der Waals surface area contributed by atoms with Crippen LogP contribution in [0.5, 0.6) is 5.75 Å². The summed E-state index contributed by atoms with van der Waals surface area (Å²) in [6.07, 6.45) is 1.01. The predicted octanol–water partition coefficient (Wildman–Crippen LogP) is 4.12. The highest BCUT2D eigenvalue weighted by molar-refractivity contribution is 6.00. The molecule has 9 nitrogen and oxygen atoms in total. The third kappa shape index (κ3) is 7.55. The second-order valence-corrected chi connectivity index (χ2v) is 8.52. The molecule has 0 fully saturated rings. The number of hydrogen-bond donors (Lipinski definition) is 4. The average Bonchev–Trinajstić information content (AvgIpc) is 2.88. The molecule has 3 aromatic rings. The molecule has 0 aliphatic carbocycles. The quantitative estimate of drug-likeness (QED) is 0.257. The fraction of sp³-hybridized carbons (Fsp3) is 0.250. The van der Waals surface area contributed by atoms with Gasteiger partial charge >= 0.3 is 12.0 Å². The van der Waals surface area contributed by atoms with Crippen LogP contribution in [0.15, 0.2) is 66.7 Å². The van der Waals surface area contributed by atoms with Crippen LogP contribution >= 0.6 is 0 Å². The molecule has 0 aliphatic rings. The predicted molar refractivity (Wildman–Crippen MR) is 144 cm³/mol. The van der Waals surface area contributed by atoms with Crippen LogP contribution in [-0.4, -0.2) is 49.6 Å². The lowest BCUT2D eigenvalue weighted by Crippen LogP contribution is -2.32. The van der Waals surface area contributed by atoms with E-state index in [1.54, 1.807) is 42.5 Å². The molecule has 0 spiro atoms. The molecule has 9 heteroatoms. The van der Waals surface area contributed by atoms with Gasteiger partial charge in [0.2, 0.25) is 0 Å². The lowest BCUT2D eigenvalue weighted by atomic mass is 10.1. The van der Waals surface area contributed by atoms with Gasteiger partial charge in [0.05, 0.1) is 30.6 Å². The number of ketones is 1. The Morgan fingerprint density at radius 3 is 2.35 bits per heavy atom. The number of primary amides is 1. The molecule has 2 amide bonds. The van der Waals surface area contributed by atoms with E-state index in [-0.39, 0.29) is 24.3 Å². The molecule has 0 aromatic heterocycles. The van der Waals surface area contributed by atoms with Crippen LogP contribution in [0.25, 0.3) is 0 Å². The molecule has 5 N–H and O–H groups in total. The van der Waals surface area contributed by atoms with E-state index >= 15 is 0 Å². The molecule has 0 bridgehead atoms. The summed E-state index contributed by atoms with van der Waals surface area (Å²) in [7, 11) is 1.51. The van der Waals surface area contributed by atoms with Crippen LogP contribution in [0.1, 0.15) is 27.9 Å². The Morgan fingerprint density at radius 2 is 1.70 bits per heavy atom. The van der Waals surface area contributed by atoms with Gasteiger partial charge in [0.1, 0.15) is 5.75 Å². The van der Waals surface area contributed by atoms with Crippen LogP contribution in [-0.2, 0) is 11.2 Å². The van der Waals surface area contributed by atoms with E-state index < -0.39 is 12.0 Å². The number of urea groups is 1. The number of carbonyl (C=O) groups excluding carboxylic acids is 2. The summed E-state index contributed by atoms with van der Waals surface area (Å²) in [5, 5.41) is 15.3. The van der Waals surface area contributed by atoms with Gasteiger partial charge in [0.25, 0.3) is 0 Å². The van der Waals surface area contributed by atoms with Crippen molar-refractivity contribution < 1.29 is 24.2 Å². The minimum atomic E-state index is -0.954. The fourth-order valence-electron chi connectivity index (χ4n) is 3.89. The SMILES string of the molecule is COc1cc(CC(=O)CNCCCNc2ccc(C(=O)O)cc2)ccc1N(C(N)=O)c1ccccc1C. The number of benzene rings is 3. The Morgan fingerprint density at radius 1 is 0.973 bits per heavy atom. The van der Waals surface area contributed by atoms with Gasteiger partial charge in [0, 0.05) is 18.7 Å². The molecule has 3 rings (SSSR count). The van der Waals surface area contributed by atoms with Gasteiger partial charge in [-0.25, -0.2) is 9.59 Å². The van der Waals surface area contributed by atoms with E-state index in [1.807, 2.05) is 31.2 Å². The molecule has 37 heavy (non-hydrogen) atoms. The van der Waals surface area contributed by atoms with E-state index in [0.29, 0.717) is 30.2 Å². The molecular weight excluding hydrogens is 472 g/mol. The van der Waals surface area contributed by atoms with Crippen LogP contribution in [0.2, 0.25) is 0 Å². The molecule has 0 atom stereocenters. The number of Topliss-reactive ketones (excluding diaryl/α,β-unsaturated/α-hetero) is 1. The first-order chi connectivity index (χ1) is 17.8. The molecule has 0 radical (unpaired) electrons. The first-order valence-corrected chi connectivity index (χ1v) is 11.9. The number of carbonyl (C=O) groups is 3. The summed E-state index contributed by atoms with van der Waals surface area (Å²) in [4.78, 5) is 37.1. The monoisotopic (exact) mass is 504 g/mol. The van der Waals surface area contributed by atoms with Gasteiger partial charge in [-0.15, -0.1) is 0 Å². The number of anilines is 3. The van der Waals surface area contributed by atoms with Gasteiger partial charge < -0.3 is 26.2 Å². The van der Waals surface area contributed by atoms with E-state index in [0.717, 1.165) is 23.2 Å². The standard InChI is InChI=1S/C28H32N4O5/c1-19-6-3-4-7-24(19)32(28(29)36)25-13-8-20(17-26(25)37-2)16-23(33)18-30-14-5-15-31-22-11-9-21(10-12-22)27(34)35/h3-4,6-13,17,30-31H,5,14-16,18H2,1-2H3,(H2,29,36)(H,34,35). The van der Waals surface area contributed by atoms with Crippen molar-refractivity contribution in [3.63, 3.8) is 0 Å². The van der Waals surface area contributed by atoms with Crippen LogP contribution in [0.4, 0.5) is 21.9 Å². The number of carboxylic acids is 1. The number of hydrogen-bond acceptors (Lipinski definition) is 6. The zero-order valence-corrected chi connectivity index (χ0v) is 21.0. The third-order valence-corrected chi connectivity index (χ3v) is 5.78. The summed E-state index contributed by atoms with van der Waals surface area (Å²) in [5.74, 6) is -0.481. The first kappa shape index (κ1) is 27.2. The minimum absolute atomic E-state index is 0.0256. The molecule has 194 valence electrons. The first-order valence-electron chi connectivity index (χ1n) is 11.9. The van der Waals surface area contributed by atoms with Crippen LogP contribution in [0.3, 0.4) is 0 Å². The number of carboxylic acid groups (broad SMARTS) is 1.